The third-order valence-corrected chi connectivity index (χ3v) is 2.64. The van der Waals surface area contributed by atoms with Crippen molar-refractivity contribution in [2.24, 2.45) is 10.2 Å². The van der Waals surface area contributed by atoms with E-state index in [9.17, 15) is 19.7 Å². The largest absolute Gasteiger partial charge is 0.478 e. The molecule has 0 atom stereocenters. The lowest BCUT2D eigenvalue weighted by atomic mass is 10.0. The van der Waals surface area contributed by atoms with Crippen molar-refractivity contribution >= 4 is 23.1 Å². The number of hydrogen-bond donors (Lipinski definition) is 1. The van der Waals surface area contributed by atoms with Gasteiger partial charge in [-0.25, -0.2) is 4.79 Å². The number of hydrogen-bond acceptors (Lipinski definition) is 6. The average molecular weight is 287 g/mol. The Morgan fingerprint density at radius 2 is 2.10 bits per heavy atom. The van der Waals surface area contributed by atoms with E-state index < -0.39 is 16.7 Å². The number of carboxylic acid groups (broad SMARTS) is 1. The molecule has 21 heavy (non-hydrogen) atoms. The number of azo groups is 1. The molecule has 0 amide bonds. The normalized spacial score (nSPS) is 14.8. The van der Waals surface area contributed by atoms with Crippen molar-refractivity contribution in [1.82, 2.24) is 0 Å². The van der Waals surface area contributed by atoms with Gasteiger partial charge in [0.2, 0.25) is 0 Å². The van der Waals surface area contributed by atoms with Gasteiger partial charge in [0.1, 0.15) is 5.57 Å². The third-order valence-electron chi connectivity index (χ3n) is 2.64. The van der Waals surface area contributed by atoms with Gasteiger partial charge in [-0.1, -0.05) is 6.07 Å². The van der Waals surface area contributed by atoms with Crippen LogP contribution in [0, 0.1) is 10.1 Å². The van der Waals surface area contributed by atoms with Gasteiger partial charge < -0.3 is 5.11 Å². The zero-order valence-corrected chi connectivity index (χ0v) is 10.6. The van der Waals surface area contributed by atoms with Crippen molar-refractivity contribution in [3.8, 4) is 0 Å². The summed E-state index contributed by atoms with van der Waals surface area (Å²) in [5, 5.41) is 27.1. The number of carboxylic acids is 1. The summed E-state index contributed by atoms with van der Waals surface area (Å²) in [4.78, 5) is 32.2. The standard InChI is InChI=1S/C13H9N3O5/c17-12-5-4-9(7-11(12)13(18)19)15-14-8-2-1-3-10(6-8)16(20)21/h1-4,6-7H,5H2,(H,18,19). The van der Waals surface area contributed by atoms with Crippen LogP contribution in [0.3, 0.4) is 0 Å². The number of Topliss-reactive ketones (excluding diaryl/α,β-unsaturated/α-hetero) is 1. The fourth-order valence-corrected chi connectivity index (χ4v) is 1.63. The topological polar surface area (TPSA) is 122 Å². The molecule has 8 heteroatoms. The number of nitro groups is 1. The van der Waals surface area contributed by atoms with Gasteiger partial charge in [0.05, 0.1) is 16.3 Å². The smallest absolute Gasteiger partial charge is 0.339 e. The van der Waals surface area contributed by atoms with E-state index in [0.717, 1.165) is 6.08 Å². The number of nitro benzene ring substituents is 1. The minimum atomic E-state index is -1.32. The van der Waals surface area contributed by atoms with Crippen LogP contribution in [0.1, 0.15) is 6.42 Å². The first-order chi connectivity index (χ1) is 9.97. The van der Waals surface area contributed by atoms with Crippen molar-refractivity contribution in [3.63, 3.8) is 0 Å². The first kappa shape index (κ1) is 14.3. The first-order valence-corrected chi connectivity index (χ1v) is 5.82. The molecule has 1 aromatic carbocycles. The maximum Gasteiger partial charge on any atom is 0.339 e. The van der Waals surface area contributed by atoms with Gasteiger partial charge in [-0.3, -0.25) is 14.9 Å². The van der Waals surface area contributed by atoms with Crippen LogP contribution >= 0.6 is 0 Å². The molecule has 0 heterocycles. The molecule has 1 aliphatic carbocycles. The van der Waals surface area contributed by atoms with E-state index in [0.29, 0.717) is 0 Å². The fourth-order valence-electron chi connectivity index (χ4n) is 1.63. The number of aliphatic carboxylic acids is 1. The monoisotopic (exact) mass is 287 g/mol. The maximum absolute atomic E-state index is 11.3. The highest BCUT2D eigenvalue weighted by Crippen LogP contribution is 2.22. The molecule has 0 saturated heterocycles. The molecule has 0 bridgehead atoms. The quantitative estimate of drug-likeness (QED) is 0.394. The highest BCUT2D eigenvalue weighted by molar-refractivity contribution is 6.18. The lowest BCUT2D eigenvalue weighted by Gasteiger charge is -2.05. The van der Waals surface area contributed by atoms with Crippen molar-refractivity contribution < 1.29 is 19.6 Å². The van der Waals surface area contributed by atoms with E-state index in [1.54, 1.807) is 0 Å². The molecule has 0 saturated carbocycles. The van der Waals surface area contributed by atoms with Crippen LogP contribution in [-0.2, 0) is 9.59 Å². The van der Waals surface area contributed by atoms with Crippen LogP contribution in [0.5, 0.6) is 0 Å². The molecule has 8 nitrogen and oxygen atoms in total. The number of allylic oxidation sites excluding steroid dienone is 2. The molecular weight excluding hydrogens is 278 g/mol. The van der Waals surface area contributed by atoms with Gasteiger partial charge in [0.15, 0.2) is 5.78 Å². The molecule has 2 rings (SSSR count). The Bertz CT molecular complexity index is 718. The zero-order valence-electron chi connectivity index (χ0n) is 10.6. The molecular formula is C13H9N3O5. The second-order valence-electron chi connectivity index (χ2n) is 4.10. The summed E-state index contributed by atoms with van der Waals surface area (Å²) in [5.41, 5.74) is -0.00251. The summed E-state index contributed by atoms with van der Waals surface area (Å²) in [5.74, 6) is -1.83. The molecule has 0 spiro atoms. The van der Waals surface area contributed by atoms with E-state index >= 15 is 0 Å². The van der Waals surface area contributed by atoms with Crippen molar-refractivity contribution in [1.29, 1.82) is 0 Å². The molecule has 0 unspecified atom stereocenters. The Labute approximate surface area is 118 Å². The molecule has 0 aliphatic heterocycles. The van der Waals surface area contributed by atoms with Gasteiger partial charge in [0.25, 0.3) is 5.69 Å². The van der Waals surface area contributed by atoms with Gasteiger partial charge in [-0.2, -0.15) is 10.2 Å². The summed E-state index contributed by atoms with van der Waals surface area (Å²) in [6.07, 6.45) is 2.49. The maximum atomic E-state index is 11.3. The predicted octanol–water partition coefficient (Wildman–Crippen LogP) is 2.55. The summed E-state index contributed by atoms with van der Waals surface area (Å²) in [6, 6.07) is 5.54. The van der Waals surface area contributed by atoms with Crippen LogP contribution in [0.4, 0.5) is 11.4 Å². The molecule has 0 aromatic heterocycles. The highest BCUT2D eigenvalue weighted by Gasteiger charge is 2.20. The second kappa shape index (κ2) is 5.87. The number of rotatable bonds is 4. The molecule has 0 fully saturated rings. The van der Waals surface area contributed by atoms with E-state index in [-0.39, 0.29) is 29.1 Å². The van der Waals surface area contributed by atoms with E-state index in [1.807, 2.05) is 0 Å². The third kappa shape index (κ3) is 3.44. The summed E-state index contributed by atoms with van der Waals surface area (Å²) in [7, 11) is 0. The van der Waals surface area contributed by atoms with Crippen LogP contribution in [-0.4, -0.2) is 21.8 Å². The lowest BCUT2D eigenvalue weighted by Crippen LogP contribution is -2.14. The molecule has 0 radical (unpaired) electrons. The van der Waals surface area contributed by atoms with E-state index in [2.05, 4.69) is 10.2 Å². The van der Waals surface area contributed by atoms with Crippen LogP contribution < -0.4 is 0 Å². The van der Waals surface area contributed by atoms with Crippen molar-refractivity contribution in [3.05, 3.63) is 57.8 Å². The van der Waals surface area contributed by atoms with Crippen molar-refractivity contribution in [2.75, 3.05) is 0 Å². The minimum absolute atomic E-state index is 0.0680. The Morgan fingerprint density at radius 1 is 1.33 bits per heavy atom. The van der Waals surface area contributed by atoms with Gasteiger partial charge >= 0.3 is 5.97 Å². The van der Waals surface area contributed by atoms with Crippen LogP contribution in [0.2, 0.25) is 0 Å². The Balaban J connectivity index is 2.22. The Kier molecular flexibility index (Phi) is 3.98. The summed E-state index contributed by atoms with van der Waals surface area (Å²) >= 11 is 0. The number of benzene rings is 1. The van der Waals surface area contributed by atoms with E-state index in [4.69, 9.17) is 5.11 Å². The number of carbonyl (C=O) groups is 2. The SMILES string of the molecule is O=C(O)C1=CC(N=Nc2cccc([N+](=O)[O-])c2)=CCC1=O. The summed E-state index contributed by atoms with van der Waals surface area (Å²) in [6.45, 7) is 0. The average Bonchev–Trinajstić information content (AvgIpc) is 2.46. The van der Waals surface area contributed by atoms with Gasteiger partial charge in [0, 0.05) is 18.6 Å². The Morgan fingerprint density at radius 3 is 2.76 bits per heavy atom. The zero-order chi connectivity index (χ0) is 15.4. The van der Waals surface area contributed by atoms with E-state index in [1.165, 1.54) is 30.3 Å². The number of nitrogens with zero attached hydrogens (tertiary/aromatic N) is 3. The van der Waals surface area contributed by atoms with Crippen LogP contribution in [0.15, 0.2) is 57.9 Å². The van der Waals surface area contributed by atoms with Crippen LogP contribution in [0.25, 0.3) is 0 Å². The lowest BCUT2D eigenvalue weighted by molar-refractivity contribution is -0.384. The highest BCUT2D eigenvalue weighted by atomic mass is 16.6. The first-order valence-electron chi connectivity index (χ1n) is 5.82. The molecule has 1 aliphatic rings. The Hall–Kier alpha value is -3.16. The molecule has 1 N–H and O–H groups in total. The molecule has 106 valence electrons. The second-order valence-corrected chi connectivity index (χ2v) is 4.10. The predicted molar refractivity (Wildman–Crippen MR) is 71.0 cm³/mol. The van der Waals surface area contributed by atoms with Gasteiger partial charge in [-0.05, 0) is 18.2 Å². The molecule has 1 aromatic rings. The number of ketones is 1. The number of non-ortho nitro benzene ring substituents is 1. The fraction of sp³-hybridized carbons (Fsp3) is 0.0769. The van der Waals surface area contributed by atoms with Crippen molar-refractivity contribution in [2.45, 2.75) is 6.42 Å². The number of carbonyl (C=O) groups excluding carboxylic acids is 1. The summed E-state index contributed by atoms with van der Waals surface area (Å²) < 4.78 is 0. The van der Waals surface area contributed by atoms with Gasteiger partial charge in [-0.15, -0.1) is 0 Å². The minimum Gasteiger partial charge on any atom is -0.478 e.